The Labute approximate surface area is 182 Å². The highest BCUT2D eigenvalue weighted by Gasteiger charge is 2.37. The van der Waals surface area contributed by atoms with E-state index in [1.807, 2.05) is 0 Å². The van der Waals surface area contributed by atoms with E-state index in [-0.39, 0.29) is 23.6 Å². The smallest absolute Gasteiger partial charge is 0.335 e. The molecule has 0 spiro atoms. The Kier molecular flexibility index (Phi) is 6.11. The lowest BCUT2D eigenvalue weighted by atomic mass is 10.1. The van der Waals surface area contributed by atoms with E-state index >= 15 is 0 Å². The van der Waals surface area contributed by atoms with Gasteiger partial charge in [0.1, 0.15) is 11.3 Å². The van der Waals surface area contributed by atoms with Gasteiger partial charge < -0.3 is 10.5 Å². The van der Waals surface area contributed by atoms with Crippen molar-refractivity contribution in [2.75, 3.05) is 11.5 Å². The van der Waals surface area contributed by atoms with Gasteiger partial charge in [-0.1, -0.05) is 6.07 Å². The molecule has 2 aromatic rings. The zero-order valence-corrected chi connectivity index (χ0v) is 17.1. The van der Waals surface area contributed by atoms with E-state index in [1.165, 1.54) is 36.4 Å². The van der Waals surface area contributed by atoms with Crippen LogP contribution >= 0.6 is 15.9 Å². The molecule has 0 aromatic heterocycles. The summed E-state index contributed by atoms with van der Waals surface area (Å²) in [6.07, 6.45) is 1.27. The number of nitrogens with two attached hydrogens (primary N) is 1. The van der Waals surface area contributed by atoms with Crippen molar-refractivity contribution in [2.24, 2.45) is 5.73 Å². The lowest BCUT2D eigenvalue weighted by molar-refractivity contribution is -0.384. The number of nitrogens with zero attached hydrogens (tertiary/aromatic N) is 2. The fourth-order valence-electron chi connectivity index (χ4n) is 2.65. The summed E-state index contributed by atoms with van der Waals surface area (Å²) < 4.78 is 5.65. The fraction of sp³-hybridized carbons (Fsp3) is 0.0526. The number of carbonyl (C=O) groups excluding carboxylic acids is 4. The molecule has 11 nitrogen and oxygen atoms in total. The van der Waals surface area contributed by atoms with Crippen molar-refractivity contribution >= 4 is 57.1 Å². The van der Waals surface area contributed by atoms with E-state index in [1.54, 1.807) is 0 Å². The number of amides is 5. The van der Waals surface area contributed by atoms with Crippen LogP contribution in [0.4, 0.5) is 16.2 Å². The second-order valence-corrected chi connectivity index (χ2v) is 7.03. The topological polar surface area (TPSA) is 162 Å². The Hall–Kier alpha value is -4.06. The van der Waals surface area contributed by atoms with Gasteiger partial charge in [-0.2, -0.15) is 0 Å². The molecule has 0 unspecified atom stereocenters. The van der Waals surface area contributed by atoms with Crippen LogP contribution in [0.2, 0.25) is 0 Å². The van der Waals surface area contributed by atoms with E-state index in [2.05, 4.69) is 21.2 Å². The maximum Gasteiger partial charge on any atom is 0.335 e. The van der Waals surface area contributed by atoms with Crippen molar-refractivity contribution in [2.45, 2.75) is 0 Å². The normalized spacial score (nSPS) is 15.1. The summed E-state index contributed by atoms with van der Waals surface area (Å²) in [5.41, 5.74) is 4.98. The highest BCUT2D eigenvalue weighted by molar-refractivity contribution is 9.10. The number of nitro groups is 1. The van der Waals surface area contributed by atoms with E-state index in [0.717, 1.165) is 12.1 Å². The van der Waals surface area contributed by atoms with Gasteiger partial charge in [-0.3, -0.25) is 29.8 Å². The number of rotatable bonds is 6. The van der Waals surface area contributed by atoms with Crippen LogP contribution in [0.1, 0.15) is 5.56 Å². The molecule has 5 amide bonds. The van der Waals surface area contributed by atoms with Crippen LogP contribution in [0.25, 0.3) is 6.08 Å². The van der Waals surface area contributed by atoms with Gasteiger partial charge in [0, 0.05) is 12.1 Å². The standard InChI is InChI=1S/C19H13BrN4O7/c20-14-8-10(1-6-15(14)31-9-16(21)25)7-13-17(26)22-19(28)23(18(13)27)11-2-4-12(5-3-11)24(29)30/h1-8H,9H2,(H2,21,25)(H,22,26,28)/b13-7+. The SMILES string of the molecule is NC(=O)COc1ccc(/C=C2\C(=O)NC(=O)N(c3ccc([N+](=O)[O-])cc3)C2=O)cc1Br. The minimum atomic E-state index is -0.975. The number of benzene rings is 2. The van der Waals surface area contributed by atoms with Gasteiger partial charge in [-0.25, -0.2) is 9.69 Å². The summed E-state index contributed by atoms with van der Waals surface area (Å²) in [5.74, 6) is -2.12. The summed E-state index contributed by atoms with van der Waals surface area (Å²) in [6.45, 7) is -0.327. The summed E-state index contributed by atoms with van der Waals surface area (Å²) in [4.78, 5) is 59.0. The molecule has 2 aromatic carbocycles. The molecule has 1 aliphatic rings. The largest absolute Gasteiger partial charge is 0.483 e. The molecular weight excluding hydrogens is 476 g/mol. The number of nitrogens with one attached hydrogen (secondary N) is 1. The number of barbiturate groups is 1. The Bertz CT molecular complexity index is 1140. The Balaban J connectivity index is 1.90. The van der Waals surface area contributed by atoms with Gasteiger partial charge in [0.2, 0.25) is 0 Å². The van der Waals surface area contributed by atoms with E-state index in [4.69, 9.17) is 10.5 Å². The fourth-order valence-corrected chi connectivity index (χ4v) is 3.17. The van der Waals surface area contributed by atoms with Crippen LogP contribution in [0.15, 0.2) is 52.5 Å². The second-order valence-electron chi connectivity index (χ2n) is 6.18. The zero-order chi connectivity index (χ0) is 22.7. The van der Waals surface area contributed by atoms with Crippen LogP contribution < -0.4 is 20.7 Å². The number of ether oxygens (including phenoxy) is 1. The number of imide groups is 2. The maximum absolute atomic E-state index is 12.9. The van der Waals surface area contributed by atoms with Crippen molar-refractivity contribution in [1.29, 1.82) is 0 Å². The first-order chi connectivity index (χ1) is 14.7. The number of hydrogen-bond acceptors (Lipinski definition) is 7. The third kappa shape index (κ3) is 4.75. The van der Waals surface area contributed by atoms with Crippen LogP contribution in [-0.4, -0.2) is 35.3 Å². The quantitative estimate of drug-likeness (QED) is 0.271. The van der Waals surface area contributed by atoms with E-state index < -0.39 is 28.7 Å². The first-order valence-corrected chi connectivity index (χ1v) is 9.33. The van der Waals surface area contributed by atoms with Crippen molar-refractivity contribution in [1.82, 2.24) is 5.32 Å². The van der Waals surface area contributed by atoms with E-state index in [0.29, 0.717) is 20.7 Å². The molecule has 0 atom stereocenters. The Morgan fingerprint density at radius 3 is 2.45 bits per heavy atom. The van der Waals surface area contributed by atoms with Gasteiger partial charge in [0.15, 0.2) is 6.61 Å². The average molecular weight is 489 g/mol. The number of anilines is 1. The minimum Gasteiger partial charge on any atom is -0.483 e. The monoisotopic (exact) mass is 488 g/mol. The summed E-state index contributed by atoms with van der Waals surface area (Å²) in [5, 5.41) is 12.9. The van der Waals surface area contributed by atoms with Gasteiger partial charge in [-0.15, -0.1) is 0 Å². The molecule has 1 heterocycles. The van der Waals surface area contributed by atoms with Crippen molar-refractivity contribution in [3.05, 3.63) is 68.2 Å². The summed E-state index contributed by atoms with van der Waals surface area (Å²) >= 11 is 3.26. The minimum absolute atomic E-state index is 0.0582. The van der Waals surface area contributed by atoms with Crippen LogP contribution in [0.3, 0.4) is 0 Å². The molecular formula is C19H13BrN4O7. The molecule has 0 aliphatic carbocycles. The first-order valence-electron chi connectivity index (χ1n) is 8.54. The molecule has 1 aliphatic heterocycles. The Morgan fingerprint density at radius 2 is 1.87 bits per heavy atom. The number of non-ortho nitro benzene ring substituents is 1. The predicted octanol–water partition coefficient (Wildman–Crippen LogP) is 1.89. The third-order valence-corrected chi connectivity index (χ3v) is 4.68. The number of hydrogen-bond donors (Lipinski definition) is 2. The zero-order valence-electron chi connectivity index (χ0n) is 15.5. The maximum atomic E-state index is 12.9. The molecule has 158 valence electrons. The Morgan fingerprint density at radius 1 is 1.19 bits per heavy atom. The molecule has 0 radical (unpaired) electrons. The molecule has 1 fully saturated rings. The van der Waals surface area contributed by atoms with Crippen molar-refractivity contribution in [3.63, 3.8) is 0 Å². The molecule has 0 bridgehead atoms. The van der Waals surface area contributed by atoms with Crippen molar-refractivity contribution in [3.8, 4) is 5.75 Å². The summed E-state index contributed by atoms with van der Waals surface area (Å²) in [6, 6.07) is 8.32. The first kappa shape index (κ1) is 21.6. The van der Waals surface area contributed by atoms with Gasteiger partial charge in [0.25, 0.3) is 23.4 Å². The lowest BCUT2D eigenvalue weighted by Crippen LogP contribution is -2.54. The van der Waals surface area contributed by atoms with Crippen LogP contribution in [0, 0.1) is 10.1 Å². The second kappa shape index (κ2) is 8.75. The number of primary amides is 1. The molecule has 3 rings (SSSR count). The molecule has 3 N–H and O–H groups in total. The predicted molar refractivity (Wildman–Crippen MR) is 111 cm³/mol. The van der Waals surface area contributed by atoms with Gasteiger partial charge >= 0.3 is 6.03 Å². The van der Waals surface area contributed by atoms with Crippen LogP contribution in [0.5, 0.6) is 5.75 Å². The third-order valence-electron chi connectivity index (χ3n) is 4.06. The average Bonchev–Trinajstić information content (AvgIpc) is 2.70. The van der Waals surface area contributed by atoms with Gasteiger partial charge in [0.05, 0.1) is 15.1 Å². The number of carbonyl (C=O) groups is 4. The highest BCUT2D eigenvalue weighted by atomic mass is 79.9. The number of urea groups is 1. The van der Waals surface area contributed by atoms with Crippen molar-refractivity contribution < 1.29 is 28.8 Å². The molecule has 0 saturated carbocycles. The summed E-state index contributed by atoms with van der Waals surface area (Å²) in [7, 11) is 0. The molecule has 1 saturated heterocycles. The molecule has 31 heavy (non-hydrogen) atoms. The van der Waals surface area contributed by atoms with Crippen LogP contribution in [-0.2, 0) is 14.4 Å². The highest BCUT2D eigenvalue weighted by Crippen LogP contribution is 2.28. The van der Waals surface area contributed by atoms with E-state index in [9.17, 15) is 29.3 Å². The molecule has 12 heteroatoms. The number of nitro benzene ring substituents is 1. The lowest BCUT2D eigenvalue weighted by Gasteiger charge is -2.26. The van der Waals surface area contributed by atoms with Gasteiger partial charge in [-0.05, 0) is 51.8 Å². The number of halogens is 1.